The van der Waals surface area contributed by atoms with Crippen LogP contribution in [0.3, 0.4) is 0 Å². The summed E-state index contributed by atoms with van der Waals surface area (Å²) in [4.78, 5) is 2.52. The molecule has 0 aliphatic carbocycles. The Kier molecular flexibility index (Phi) is 5.37. The molecule has 1 aliphatic heterocycles. The first-order valence-electron chi connectivity index (χ1n) is 7.24. The van der Waals surface area contributed by atoms with E-state index in [0.29, 0.717) is 12.6 Å². The van der Waals surface area contributed by atoms with Crippen LogP contribution in [0.15, 0.2) is 24.3 Å². The summed E-state index contributed by atoms with van der Waals surface area (Å²) in [5, 5.41) is 0. The summed E-state index contributed by atoms with van der Waals surface area (Å²) < 4.78 is 5.26. The van der Waals surface area contributed by atoms with Crippen LogP contribution < -0.4 is 5.73 Å². The Labute approximate surface area is 116 Å². The lowest BCUT2D eigenvalue weighted by atomic mass is 9.94. The quantitative estimate of drug-likeness (QED) is 0.885. The molecule has 1 unspecified atom stereocenters. The first-order chi connectivity index (χ1) is 9.24. The zero-order valence-electron chi connectivity index (χ0n) is 12.1. The Morgan fingerprint density at radius 3 is 2.42 bits per heavy atom. The number of rotatable bonds is 5. The van der Waals surface area contributed by atoms with Crippen LogP contribution in [-0.4, -0.2) is 38.3 Å². The minimum Gasteiger partial charge on any atom is -0.384 e. The largest absolute Gasteiger partial charge is 0.384 e. The molecule has 0 saturated carbocycles. The van der Waals surface area contributed by atoms with Gasteiger partial charge in [-0.3, -0.25) is 4.90 Å². The van der Waals surface area contributed by atoms with Crippen molar-refractivity contribution in [1.82, 2.24) is 4.90 Å². The average molecular weight is 262 g/mol. The van der Waals surface area contributed by atoms with Crippen molar-refractivity contribution in [2.45, 2.75) is 25.8 Å². The molecular formula is C16H26N2O. The van der Waals surface area contributed by atoms with Crippen molar-refractivity contribution in [3.63, 3.8) is 0 Å². The predicted molar refractivity (Wildman–Crippen MR) is 79.1 cm³/mol. The highest BCUT2D eigenvalue weighted by Gasteiger charge is 2.25. The van der Waals surface area contributed by atoms with Crippen molar-refractivity contribution < 1.29 is 4.74 Å². The second kappa shape index (κ2) is 7.04. The van der Waals surface area contributed by atoms with Crippen molar-refractivity contribution in [3.8, 4) is 0 Å². The zero-order chi connectivity index (χ0) is 13.7. The molecule has 3 heteroatoms. The second-order valence-corrected chi connectivity index (χ2v) is 5.60. The summed E-state index contributed by atoms with van der Waals surface area (Å²) >= 11 is 0. The van der Waals surface area contributed by atoms with Gasteiger partial charge in [0, 0.05) is 26.3 Å². The highest BCUT2D eigenvalue weighted by Crippen LogP contribution is 2.26. The molecule has 3 nitrogen and oxygen atoms in total. The number of likely N-dealkylation sites (tertiary alicyclic amines) is 1. The van der Waals surface area contributed by atoms with E-state index < -0.39 is 0 Å². The van der Waals surface area contributed by atoms with Crippen molar-refractivity contribution >= 4 is 0 Å². The molecule has 0 amide bonds. The van der Waals surface area contributed by atoms with Gasteiger partial charge in [-0.2, -0.15) is 0 Å². The molecule has 1 fully saturated rings. The fourth-order valence-corrected chi connectivity index (χ4v) is 2.95. The highest BCUT2D eigenvalue weighted by molar-refractivity contribution is 5.24. The predicted octanol–water partition coefficient (Wildman–Crippen LogP) is 2.35. The van der Waals surface area contributed by atoms with E-state index in [4.69, 9.17) is 10.5 Å². The topological polar surface area (TPSA) is 38.5 Å². The van der Waals surface area contributed by atoms with Gasteiger partial charge in [0.25, 0.3) is 0 Å². The van der Waals surface area contributed by atoms with Crippen molar-refractivity contribution in [2.24, 2.45) is 11.7 Å². The van der Waals surface area contributed by atoms with Crippen LogP contribution in [0, 0.1) is 12.8 Å². The minimum absolute atomic E-state index is 0.365. The van der Waals surface area contributed by atoms with Gasteiger partial charge in [-0.25, -0.2) is 0 Å². The number of nitrogens with zero attached hydrogens (tertiary/aromatic N) is 1. The smallest absolute Gasteiger partial charge is 0.0491 e. The maximum atomic E-state index is 6.00. The van der Waals surface area contributed by atoms with Crippen LogP contribution in [0.5, 0.6) is 0 Å². The summed E-state index contributed by atoms with van der Waals surface area (Å²) in [7, 11) is 1.79. The number of piperidine rings is 1. The molecular weight excluding hydrogens is 236 g/mol. The summed E-state index contributed by atoms with van der Waals surface area (Å²) in [5.74, 6) is 0.720. The monoisotopic (exact) mass is 262 g/mol. The summed E-state index contributed by atoms with van der Waals surface area (Å²) in [6.07, 6.45) is 2.44. The molecule has 2 rings (SSSR count). The van der Waals surface area contributed by atoms with Crippen LogP contribution in [0.25, 0.3) is 0 Å². The molecule has 1 heterocycles. The van der Waals surface area contributed by atoms with Gasteiger partial charge in [0.15, 0.2) is 0 Å². The Hall–Kier alpha value is -0.900. The van der Waals surface area contributed by atoms with Crippen molar-refractivity contribution in [2.75, 3.05) is 33.4 Å². The molecule has 0 spiro atoms. The summed E-state index contributed by atoms with van der Waals surface area (Å²) in [6, 6.07) is 9.15. The van der Waals surface area contributed by atoms with Crippen LogP contribution >= 0.6 is 0 Å². The van der Waals surface area contributed by atoms with Gasteiger partial charge in [0.1, 0.15) is 0 Å². The molecule has 0 bridgehead atoms. The van der Waals surface area contributed by atoms with Gasteiger partial charge in [-0.05, 0) is 44.3 Å². The van der Waals surface area contributed by atoms with E-state index in [-0.39, 0.29) is 0 Å². The third-order valence-corrected chi connectivity index (χ3v) is 4.18. The van der Waals surface area contributed by atoms with Gasteiger partial charge >= 0.3 is 0 Å². The summed E-state index contributed by atoms with van der Waals surface area (Å²) in [6.45, 7) is 5.97. The van der Waals surface area contributed by atoms with Crippen molar-refractivity contribution in [1.29, 1.82) is 0 Å². The van der Waals surface area contributed by atoms with Gasteiger partial charge < -0.3 is 10.5 Å². The molecule has 1 aliphatic rings. The lowest BCUT2D eigenvalue weighted by molar-refractivity contribution is 0.0810. The Morgan fingerprint density at radius 1 is 1.26 bits per heavy atom. The molecule has 0 aromatic heterocycles. The van der Waals surface area contributed by atoms with E-state index in [1.54, 1.807) is 7.11 Å². The van der Waals surface area contributed by atoms with E-state index in [0.717, 1.165) is 25.6 Å². The Balaban J connectivity index is 1.97. The number of hydrogen-bond acceptors (Lipinski definition) is 3. The first kappa shape index (κ1) is 14.5. The Morgan fingerprint density at radius 2 is 1.89 bits per heavy atom. The first-order valence-corrected chi connectivity index (χ1v) is 7.24. The van der Waals surface area contributed by atoms with Crippen LogP contribution in [0.1, 0.15) is 30.0 Å². The molecule has 106 valence electrons. The van der Waals surface area contributed by atoms with Gasteiger partial charge in [0.05, 0.1) is 0 Å². The lowest BCUT2D eigenvalue weighted by Gasteiger charge is -2.37. The van der Waals surface area contributed by atoms with Gasteiger partial charge in [-0.1, -0.05) is 29.8 Å². The zero-order valence-corrected chi connectivity index (χ0v) is 12.1. The number of ether oxygens (including phenoxy) is 1. The third-order valence-electron chi connectivity index (χ3n) is 4.18. The van der Waals surface area contributed by atoms with E-state index in [2.05, 4.69) is 36.1 Å². The maximum Gasteiger partial charge on any atom is 0.0491 e. The molecule has 0 radical (unpaired) electrons. The number of aryl methyl sites for hydroxylation is 1. The fourth-order valence-electron chi connectivity index (χ4n) is 2.95. The fraction of sp³-hybridized carbons (Fsp3) is 0.625. The van der Waals surface area contributed by atoms with Crippen LogP contribution in [-0.2, 0) is 4.74 Å². The molecule has 1 aromatic rings. The van der Waals surface area contributed by atoms with Gasteiger partial charge in [-0.15, -0.1) is 0 Å². The van der Waals surface area contributed by atoms with Gasteiger partial charge in [0.2, 0.25) is 0 Å². The lowest BCUT2D eigenvalue weighted by Crippen LogP contribution is -2.40. The van der Waals surface area contributed by atoms with Crippen molar-refractivity contribution in [3.05, 3.63) is 35.4 Å². The summed E-state index contributed by atoms with van der Waals surface area (Å²) in [5.41, 5.74) is 8.65. The number of methoxy groups -OCH3 is 1. The van der Waals surface area contributed by atoms with Crippen LogP contribution in [0.4, 0.5) is 0 Å². The number of benzene rings is 1. The molecule has 2 N–H and O–H groups in total. The van der Waals surface area contributed by atoms with E-state index in [9.17, 15) is 0 Å². The molecule has 1 atom stereocenters. The van der Waals surface area contributed by atoms with E-state index >= 15 is 0 Å². The second-order valence-electron chi connectivity index (χ2n) is 5.60. The standard InChI is InChI=1S/C16H26N2O/c1-13-3-5-15(6-4-13)16(11-17)18-9-7-14(8-10-18)12-19-2/h3-6,14,16H,7-12,17H2,1-2H3. The minimum atomic E-state index is 0.365. The molecule has 1 aromatic carbocycles. The van der Waals surface area contributed by atoms with E-state index in [1.165, 1.54) is 24.0 Å². The van der Waals surface area contributed by atoms with Crippen LogP contribution in [0.2, 0.25) is 0 Å². The molecule has 19 heavy (non-hydrogen) atoms. The maximum absolute atomic E-state index is 6.00. The third kappa shape index (κ3) is 3.78. The average Bonchev–Trinajstić information content (AvgIpc) is 2.44. The number of nitrogens with two attached hydrogens (primary N) is 1. The number of hydrogen-bond donors (Lipinski definition) is 1. The molecule has 1 saturated heterocycles. The Bertz CT molecular complexity index is 369. The normalized spacial score (nSPS) is 19.5. The SMILES string of the molecule is COCC1CCN(C(CN)c2ccc(C)cc2)CC1. The van der Waals surface area contributed by atoms with E-state index in [1.807, 2.05) is 0 Å². The highest BCUT2D eigenvalue weighted by atomic mass is 16.5.